The number of hydrogen-bond donors (Lipinski definition) is 1. The lowest BCUT2D eigenvalue weighted by Crippen LogP contribution is -2.12. The Kier molecular flexibility index (Phi) is 7.35. The van der Waals surface area contributed by atoms with Crippen LogP contribution in [0.5, 0.6) is 17.5 Å². The van der Waals surface area contributed by atoms with E-state index in [1.807, 2.05) is 66.7 Å². The minimum absolute atomic E-state index is 0.145. The first-order valence-corrected chi connectivity index (χ1v) is 12.6. The number of fused-ring (bicyclic) bond motifs is 1. The third-order valence-electron chi connectivity index (χ3n) is 6.31. The monoisotopic (exact) mass is 498 g/mol. The lowest BCUT2D eigenvalue weighted by Gasteiger charge is -2.09. The number of nitrogens with zero attached hydrogens (tertiary/aromatic N) is 3. The second-order valence-electron chi connectivity index (χ2n) is 8.91. The third-order valence-corrected chi connectivity index (χ3v) is 6.31. The fourth-order valence-electron chi connectivity index (χ4n) is 4.25. The quantitative estimate of drug-likeness (QED) is 0.268. The van der Waals surface area contributed by atoms with Crippen LogP contribution in [0.2, 0.25) is 0 Å². The predicted octanol–water partition coefficient (Wildman–Crippen LogP) is 6.05. The van der Waals surface area contributed by atoms with E-state index in [2.05, 4.69) is 22.3 Å². The number of anilines is 1. The van der Waals surface area contributed by atoms with Crippen LogP contribution in [-0.4, -0.2) is 34.6 Å². The number of aromatic nitrogens is 3. The van der Waals surface area contributed by atoms with E-state index >= 15 is 0 Å². The highest BCUT2D eigenvalue weighted by molar-refractivity contribution is 6.04. The number of ether oxygens (including phenoxy) is 3. The van der Waals surface area contributed by atoms with Gasteiger partial charge in [-0.2, -0.15) is 4.98 Å². The molecule has 1 aromatic heterocycles. The van der Waals surface area contributed by atoms with Crippen LogP contribution in [-0.2, 0) is 6.42 Å². The highest BCUT2D eigenvalue weighted by Gasteiger charge is 2.19. The van der Waals surface area contributed by atoms with Gasteiger partial charge in [-0.25, -0.2) is 4.68 Å². The van der Waals surface area contributed by atoms with Gasteiger partial charge in [0.15, 0.2) is 17.3 Å². The second kappa shape index (κ2) is 11.2. The van der Waals surface area contributed by atoms with Crippen molar-refractivity contribution in [3.05, 3.63) is 77.9 Å². The number of unbranched alkanes of at least 4 members (excludes halogenated alkanes) is 3. The molecule has 8 nitrogen and oxygen atoms in total. The normalized spacial score (nSPS) is 11.9. The summed E-state index contributed by atoms with van der Waals surface area (Å²) in [5.41, 5.74) is 4.17. The van der Waals surface area contributed by atoms with Crippen molar-refractivity contribution >= 4 is 11.6 Å². The van der Waals surface area contributed by atoms with Crippen molar-refractivity contribution in [1.29, 1.82) is 0 Å². The SMILES string of the molecule is CCCCCCc1ccc(C(=O)Nc2ccc(-n3nc(OC)nc3-c3ccc4c(c3)OCO4)cc2)cc1. The Bertz CT molecular complexity index is 1360. The molecular weight excluding hydrogens is 468 g/mol. The minimum atomic E-state index is -0.145. The summed E-state index contributed by atoms with van der Waals surface area (Å²) in [5.74, 6) is 1.81. The van der Waals surface area contributed by atoms with Gasteiger partial charge in [0.25, 0.3) is 5.91 Å². The summed E-state index contributed by atoms with van der Waals surface area (Å²) in [5, 5.41) is 7.44. The van der Waals surface area contributed by atoms with Crippen LogP contribution in [0.25, 0.3) is 17.1 Å². The number of benzene rings is 3. The number of nitrogens with one attached hydrogen (secondary N) is 1. The third kappa shape index (κ3) is 5.58. The molecule has 37 heavy (non-hydrogen) atoms. The van der Waals surface area contributed by atoms with Crippen LogP contribution >= 0.6 is 0 Å². The van der Waals surface area contributed by atoms with Gasteiger partial charge < -0.3 is 19.5 Å². The lowest BCUT2D eigenvalue weighted by atomic mass is 10.0. The Morgan fingerprint density at radius 1 is 0.973 bits per heavy atom. The van der Waals surface area contributed by atoms with Crippen molar-refractivity contribution in [3.8, 4) is 34.6 Å². The molecule has 0 radical (unpaired) electrons. The average molecular weight is 499 g/mol. The summed E-state index contributed by atoms with van der Waals surface area (Å²) < 4.78 is 17.9. The van der Waals surface area contributed by atoms with E-state index in [-0.39, 0.29) is 18.7 Å². The summed E-state index contributed by atoms with van der Waals surface area (Å²) in [4.78, 5) is 17.3. The van der Waals surface area contributed by atoms with E-state index in [0.717, 1.165) is 17.7 Å². The van der Waals surface area contributed by atoms with Gasteiger partial charge in [0.2, 0.25) is 6.79 Å². The first-order chi connectivity index (χ1) is 18.1. The number of carbonyl (C=O) groups is 1. The van der Waals surface area contributed by atoms with E-state index in [1.54, 1.807) is 4.68 Å². The first kappa shape index (κ1) is 24.4. The van der Waals surface area contributed by atoms with Crippen molar-refractivity contribution in [2.45, 2.75) is 39.0 Å². The molecule has 8 heteroatoms. The Balaban J connectivity index is 1.28. The van der Waals surface area contributed by atoms with Crippen LogP contribution in [0.1, 0.15) is 48.5 Å². The molecule has 0 atom stereocenters. The second-order valence-corrected chi connectivity index (χ2v) is 8.91. The Morgan fingerprint density at radius 2 is 1.76 bits per heavy atom. The van der Waals surface area contributed by atoms with E-state index in [9.17, 15) is 4.79 Å². The molecule has 4 aromatic rings. The number of rotatable bonds is 10. The number of aryl methyl sites for hydroxylation is 1. The molecule has 1 N–H and O–H groups in total. The molecule has 1 amide bonds. The molecule has 0 unspecified atom stereocenters. The smallest absolute Gasteiger partial charge is 0.336 e. The van der Waals surface area contributed by atoms with Crippen LogP contribution < -0.4 is 19.5 Å². The molecule has 3 aromatic carbocycles. The van der Waals surface area contributed by atoms with Gasteiger partial charge in [0, 0.05) is 16.8 Å². The van der Waals surface area contributed by atoms with Gasteiger partial charge in [-0.15, -0.1) is 5.10 Å². The molecule has 1 aliphatic heterocycles. The van der Waals surface area contributed by atoms with Gasteiger partial charge >= 0.3 is 6.01 Å². The zero-order valence-electron chi connectivity index (χ0n) is 21.1. The van der Waals surface area contributed by atoms with Crippen molar-refractivity contribution in [1.82, 2.24) is 14.8 Å². The predicted molar refractivity (Wildman–Crippen MR) is 142 cm³/mol. The molecule has 5 rings (SSSR count). The highest BCUT2D eigenvalue weighted by atomic mass is 16.7. The number of amides is 1. The Hall–Kier alpha value is -4.33. The standard InChI is InChI=1S/C29H30N4O4/c1-3-4-5-6-7-20-8-10-21(11-9-20)28(34)30-23-13-15-24(16-14-23)33-27(31-29(32-33)35-2)22-12-17-25-26(18-22)37-19-36-25/h8-18H,3-7,19H2,1-2H3,(H,30,34). The largest absolute Gasteiger partial charge is 0.466 e. The molecule has 0 aliphatic carbocycles. The summed E-state index contributed by atoms with van der Waals surface area (Å²) in [6.45, 7) is 2.41. The van der Waals surface area contributed by atoms with E-state index in [1.165, 1.54) is 38.4 Å². The number of hydrogen-bond acceptors (Lipinski definition) is 6. The maximum atomic E-state index is 12.8. The highest BCUT2D eigenvalue weighted by Crippen LogP contribution is 2.36. The van der Waals surface area contributed by atoms with Gasteiger partial charge in [-0.3, -0.25) is 4.79 Å². The molecule has 2 heterocycles. The van der Waals surface area contributed by atoms with Crippen LogP contribution in [0.4, 0.5) is 5.69 Å². The first-order valence-electron chi connectivity index (χ1n) is 12.6. The zero-order valence-corrected chi connectivity index (χ0v) is 21.1. The molecule has 0 fully saturated rings. The summed E-state index contributed by atoms with van der Waals surface area (Å²) >= 11 is 0. The van der Waals surface area contributed by atoms with E-state index in [0.29, 0.717) is 28.6 Å². The van der Waals surface area contributed by atoms with Crippen molar-refractivity contribution in [2.75, 3.05) is 19.2 Å². The fraction of sp³-hybridized carbons (Fsp3) is 0.276. The van der Waals surface area contributed by atoms with Gasteiger partial charge in [0.1, 0.15) is 0 Å². The van der Waals surface area contributed by atoms with Crippen LogP contribution in [0.3, 0.4) is 0 Å². The number of carbonyl (C=O) groups excluding carboxylic acids is 1. The molecule has 0 spiro atoms. The average Bonchev–Trinajstić information content (AvgIpc) is 3.59. The van der Waals surface area contributed by atoms with Gasteiger partial charge in [0.05, 0.1) is 12.8 Å². The van der Waals surface area contributed by atoms with Crippen molar-refractivity contribution in [3.63, 3.8) is 0 Å². The molecule has 1 aliphatic rings. The van der Waals surface area contributed by atoms with Crippen molar-refractivity contribution < 1.29 is 19.0 Å². The van der Waals surface area contributed by atoms with Gasteiger partial charge in [-0.05, 0) is 73.0 Å². The summed E-state index contributed by atoms with van der Waals surface area (Å²) in [6.07, 6.45) is 5.97. The molecule has 190 valence electrons. The maximum absolute atomic E-state index is 12.8. The van der Waals surface area contributed by atoms with E-state index in [4.69, 9.17) is 14.2 Å². The Labute approximate surface area is 216 Å². The van der Waals surface area contributed by atoms with Gasteiger partial charge in [-0.1, -0.05) is 38.3 Å². The molecular formula is C29H30N4O4. The molecule has 0 saturated carbocycles. The zero-order chi connectivity index (χ0) is 25.6. The maximum Gasteiger partial charge on any atom is 0.336 e. The fourth-order valence-corrected chi connectivity index (χ4v) is 4.25. The van der Waals surface area contributed by atoms with Crippen LogP contribution in [0, 0.1) is 0 Å². The minimum Gasteiger partial charge on any atom is -0.466 e. The molecule has 0 saturated heterocycles. The molecule has 0 bridgehead atoms. The van der Waals surface area contributed by atoms with Crippen LogP contribution in [0.15, 0.2) is 66.7 Å². The summed E-state index contributed by atoms with van der Waals surface area (Å²) in [6, 6.07) is 21.2. The van der Waals surface area contributed by atoms with E-state index < -0.39 is 0 Å². The summed E-state index contributed by atoms with van der Waals surface area (Å²) in [7, 11) is 1.53. The Morgan fingerprint density at radius 3 is 2.51 bits per heavy atom. The van der Waals surface area contributed by atoms with Crippen molar-refractivity contribution in [2.24, 2.45) is 0 Å². The topological polar surface area (TPSA) is 87.5 Å². The number of methoxy groups -OCH3 is 1. The lowest BCUT2D eigenvalue weighted by molar-refractivity contribution is 0.102.